The van der Waals surface area contributed by atoms with E-state index in [0.29, 0.717) is 50.7 Å². The van der Waals surface area contributed by atoms with Crippen molar-refractivity contribution < 1.29 is 19.1 Å². The lowest BCUT2D eigenvalue weighted by molar-refractivity contribution is -0.126. The number of amides is 2. The third kappa shape index (κ3) is 4.45. The van der Waals surface area contributed by atoms with Crippen molar-refractivity contribution in [3.8, 4) is 5.88 Å². The van der Waals surface area contributed by atoms with E-state index in [1.807, 2.05) is 4.57 Å². The number of nitrogens with one attached hydrogen (secondary N) is 1. The Morgan fingerprint density at radius 3 is 2.81 bits per heavy atom. The zero-order chi connectivity index (χ0) is 22.7. The Labute approximate surface area is 187 Å². The summed E-state index contributed by atoms with van der Waals surface area (Å²) in [5.74, 6) is 1.76. The number of hydrogen-bond donors (Lipinski definition) is 1. The molecule has 10 nitrogen and oxygen atoms in total. The summed E-state index contributed by atoms with van der Waals surface area (Å²) in [6.45, 7) is 6.77. The normalized spacial score (nSPS) is 19.4. The molecule has 0 spiro atoms. The largest absolute Gasteiger partial charge is 0.480 e. The van der Waals surface area contributed by atoms with E-state index in [1.54, 1.807) is 23.2 Å². The SMILES string of the molecule is COc1ncccc1C(=O)N1CCc2nnc(C(NC(=O)C3CCOC3)C(C)C)n2CC1. The van der Waals surface area contributed by atoms with Gasteiger partial charge in [-0.2, -0.15) is 0 Å². The van der Waals surface area contributed by atoms with Crippen molar-refractivity contribution in [2.75, 3.05) is 33.4 Å². The predicted molar refractivity (Wildman–Crippen MR) is 115 cm³/mol. The molecule has 2 aliphatic heterocycles. The summed E-state index contributed by atoms with van der Waals surface area (Å²) in [6.07, 6.45) is 2.92. The van der Waals surface area contributed by atoms with Crippen LogP contribution < -0.4 is 10.1 Å². The first-order chi connectivity index (χ1) is 15.5. The van der Waals surface area contributed by atoms with Gasteiger partial charge in [0.25, 0.3) is 5.91 Å². The van der Waals surface area contributed by atoms with Gasteiger partial charge in [-0.05, 0) is 24.5 Å². The van der Waals surface area contributed by atoms with E-state index in [2.05, 4.69) is 34.3 Å². The maximum atomic E-state index is 13.1. The van der Waals surface area contributed by atoms with Crippen LogP contribution in [-0.4, -0.2) is 69.9 Å². The molecule has 2 atom stereocenters. The molecule has 0 bridgehead atoms. The van der Waals surface area contributed by atoms with Crippen LogP contribution in [0.15, 0.2) is 18.3 Å². The van der Waals surface area contributed by atoms with E-state index in [1.165, 1.54) is 7.11 Å². The Morgan fingerprint density at radius 2 is 2.09 bits per heavy atom. The molecule has 2 aromatic heterocycles. The highest BCUT2D eigenvalue weighted by Crippen LogP contribution is 2.25. The lowest BCUT2D eigenvalue weighted by Gasteiger charge is -2.24. The molecule has 172 valence electrons. The zero-order valence-electron chi connectivity index (χ0n) is 18.8. The maximum absolute atomic E-state index is 13.1. The summed E-state index contributed by atoms with van der Waals surface area (Å²) >= 11 is 0. The van der Waals surface area contributed by atoms with Gasteiger partial charge >= 0.3 is 0 Å². The molecule has 10 heteroatoms. The highest BCUT2D eigenvalue weighted by molar-refractivity contribution is 5.96. The van der Waals surface area contributed by atoms with Gasteiger partial charge in [0.1, 0.15) is 11.4 Å². The first-order valence-electron chi connectivity index (χ1n) is 11.1. The van der Waals surface area contributed by atoms with Gasteiger partial charge in [0.2, 0.25) is 11.8 Å². The quantitative estimate of drug-likeness (QED) is 0.716. The van der Waals surface area contributed by atoms with Crippen LogP contribution in [0.4, 0.5) is 0 Å². The molecule has 1 N–H and O–H groups in total. The van der Waals surface area contributed by atoms with Crippen LogP contribution in [0.5, 0.6) is 5.88 Å². The second kappa shape index (κ2) is 9.64. The topological polar surface area (TPSA) is 111 Å². The van der Waals surface area contributed by atoms with Crippen LogP contribution in [0.2, 0.25) is 0 Å². The van der Waals surface area contributed by atoms with Crippen LogP contribution in [0.1, 0.15) is 48.3 Å². The second-order valence-electron chi connectivity index (χ2n) is 8.52. The number of fused-ring (bicyclic) bond motifs is 1. The first kappa shape index (κ1) is 22.2. The van der Waals surface area contributed by atoms with Gasteiger partial charge in [-0.3, -0.25) is 9.59 Å². The number of methoxy groups -OCH3 is 1. The van der Waals surface area contributed by atoms with Crippen molar-refractivity contribution in [2.45, 2.75) is 39.3 Å². The van der Waals surface area contributed by atoms with Crippen LogP contribution in [0.3, 0.4) is 0 Å². The van der Waals surface area contributed by atoms with Gasteiger partial charge < -0.3 is 24.3 Å². The highest BCUT2D eigenvalue weighted by atomic mass is 16.5. The van der Waals surface area contributed by atoms with Gasteiger partial charge in [-0.1, -0.05) is 13.8 Å². The molecule has 2 aliphatic rings. The van der Waals surface area contributed by atoms with E-state index in [4.69, 9.17) is 9.47 Å². The Balaban J connectivity index is 1.50. The number of rotatable bonds is 6. The summed E-state index contributed by atoms with van der Waals surface area (Å²) in [5, 5.41) is 12.0. The zero-order valence-corrected chi connectivity index (χ0v) is 18.8. The molecular formula is C22H30N6O4. The molecule has 2 unspecified atom stereocenters. The monoisotopic (exact) mass is 442 g/mol. The Kier molecular flexibility index (Phi) is 6.69. The molecular weight excluding hydrogens is 412 g/mol. The summed E-state index contributed by atoms with van der Waals surface area (Å²) < 4.78 is 12.7. The molecule has 32 heavy (non-hydrogen) atoms. The summed E-state index contributed by atoms with van der Waals surface area (Å²) in [7, 11) is 1.51. The van der Waals surface area contributed by atoms with Gasteiger partial charge in [0.15, 0.2) is 5.82 Å². The minimum absolute atomic E-state index is 0.00681. The number of hydrogen-bond acceptors (Lipinski definition) is 7. The number of pyridine rings is 1. The minimum atomic E-state index is -0.259. The number of carbonyl (C=O) groups excluding carboxylic acids is 2. The number of aromatic nitrogens is 4. The maximum Gasteiger partial charge on any atom is 0.259 e. The third-order valence-electron chi connectivity index (χ3n) is 6.08. The fraction of sp³-hybridized carbons (Fsp3) is 0.591. The molecule has 4 heterocycles. The fourth-order valence-corrected chi connectivity index (χ4v) is 4.21. The van der Waals surface area contributed by atoms with Crippen LogP contribution >= 0.6 is 0 Å². The van der Waals surface area contributed by atoms with E-state index in [9.17, 15) is 9.59 Å². The lowest BCUT2D eigenvalue weighted by Crippen LogP contribution is -2.38. The van der Waals surface area contributed by atoms with E-state index in [-0.39, 0.29) is 29.7 Å². The van der Waals surface area contributed by atoms with Crippen LogP contribution in [-0.2, 0) is 22.5 Å². The third-order valence-corrected chi connectivity index (χ3v) is 6.08. The van der Waals surface area contributed by atoms with Gasteiger partial charge in [-0.25, -0.2) is 4.98 Å². The smallest absolute Gasteiger partial charge is 0.259 e. The molecule has 0 aromatic carbocycles. The average molecular weight is 443 g/mol. The number of ether oxygens (including phenoxy) is 2. The van der Waals surface area contributed by atoms with Crippen molar-refractivity contribution in [3.63, 3.8) is 0 Å². The molecule has 2 amide bonds. The molecule has 1 fully saturated rings. The highest BCUT2D eigenvalue weighted by Gasteiger charge is 2.32. The van der Waals surface area contributed by atoms with Crippen molar-refractivity contribution >= 4 is 11.8 Å². The lowest BCUT2D eigenvalue weighted by atomic mass is 10.0. The summed E-state index contributed by atoms with van der Waals surface area (Å²) in [4.78, 5) is 31.8. The number of carbonyl (C=O) groups is 2. The molecule has 0 radical (unpaired) electrons. The van der Waals surface area contributed by atoms with Gasteiger partial charge in [0, 0.05) is 38.9 Å². The Hall–Kier alpha value is -3.01. The Bertz CT molecular complexity index is 969. The van der Waals surface area contributed by atoms with Crippen molar-refractivity contribution in [1.82, 2.24) is 30.0 Å². The minimum Gasteiger partial charge on any atom is -0.480 e. The summed E-state index contributed by atoms with van der Waals surface area (Å²) in [5.41, 5.74) is 0.444. The van der Waals surface area contributed by atoms with Crippen molar-refractivity contribution in [1.29, 1.82) is 0 Å². The van der Waals surface area contributed by atoms with Gasteiger partial charge in [0.05, 0.1) is 25.7 Å². The standard InChI is InChI=1S/C22H30N6O4/c1-14(2)18(24-20(29)15-7-12-32-13-15)19-26-25-17-6-9-27(10-11-28(17)19)22(30)16-5-4-8-23-21(16)31-3/h4-5,8,14-15,18H,6-7,9-13H2,1-3H3,(H,24,29). The molecule has 0 aliphatic carbocycles. The number of nitrogens with zero attached hydrogens (tertiary/aromatic N) is 5. The molecule has 4 rings (SSSR count). The summed E-state index contributed by atoms with van der Waals surface area (Å²) in [6, 6.07) is 3.19. The average Bonchev–Trinajstić information content (AvgIpc) is 3.43. The second-order valence-corrected chi connectivity index (χ2v) is 8.52. The van der Waals surface area contributed by atoms with E-state index < -0.39 is 0 Å². The predicted octanol–water partition coefficient (Wildman–Crippen LogP) is 1.23. The van der Waals surface area contributed by atoms with Crippen LogP contribution in [0.25, 0.3) is 0 Å². The Morgan fingerprint density at radius 1 is 1.25 bits per heavy atom. The van der Waals surface area contributed by atoms with E-state index in [0.717, 1.165) is 18.1 Å². The van der Waals surface area contributed by atoms with Crippen molar-refractivity contribution in [3.05, 3.63) is 35.5 Å². The molecule has 0 saturated carbocycles. The first-order valence-corrected chi connectivity index (χ1v) is 11.1. The molecule has 1 saturated heterocycles. The van der Waals surface area contributed by atoms with Crippen molar-refractivity contribution in [2.24, 2.45) is 11.8 Å². The fourth-order valence-electron chi connectivity index (χ4n) is 4.21. The van der Waals surface area contributed by atoms with Gasteiger partial charge in [-0.15, -0.1) is 10.2 Å². The van der Waals surface area contributed by atoms with E-state index >= 15 is 0 Å². The van der Waals surface area contributed by atoms with Crippen LogP contribution in [0, 0.1) is 11.8 Å². The molecule has 2 aromatic rings.